The van der Waals surface area contributed by atoms with Crippen molar-refractivity contribution in [2.24, 2.45) is 0 Å². The number of aromatic amines is 1. The van der Waals surface area contributed by atoms with Gasteiger partial charge < -0.3 is 19.5 Å². The third-order valence-corrected chi connectivity index (χ3v) is 4.44. The maximum atomic E-state index is 13.4. The summed E-state index contributed by atoms with van der Waals surface area (Å²) in [6.07, 6.45) is 2.72. The molecular weight excluding hydrogens is 347 g/mol. The van der Waals surface area contributed by atoms with Crippen molar-refractivity contribution in [1.29, 1.82) is 0 Å². The number of benzene rings is 2. The molecule has 2 aromatic carbocycles. The molecule has 0 amide bonds. The second kappa shape index (κ2) is 7.63. The third-order valence-electron chi connectivity index (χ3n) is 4.44. The highest BCUT2D eigenvalue weighted by Crippen LogP contribution is 2.20. The topological polar surface area (TPSA) is 67.3 Å². The summed E-state index contributed by atoms with van der Waals surface area (Å²) in [6, 6.07) is 13.3. The SMILES string of the molecule is O=c1ccc2ccc(OCCNCCc3c[nH]c4ccc(F)cc34)cc2o1. The molecule has 0 saturated heterocycles. The summed E-state index contributed by atoms with van der Waals surface area (Å²) in [5.74, 6) is 0.432. The highest BCUT2D eigenvalue weighted by atomic mass is 19.1. The monoisotopic (exact) mass is 366 g/mol. The van der Waals surface area contributed by atoms with Gasteiger partial charge in [0.1, 0.15) is 23.8 Å². The summed E-state index contributed by atoms with van der Waals surface area (Å²) in [4.78, 5) is 14.4. The number of halogens is 1. The minimum Gasteiger partial charge on any atom is -0.492 e. The summed E-state index contributed by atoms with van der Waals surface area (Å²) in [7, 11) is 0. The van der Waals surface area contributed by atoms with Crippen molar-refractivity contribution in [1.82, 2.24) is 10.3 Å². The quantitative estimate of drug-likeness (QED) is 0.387. The molecule has 138 valence electrons. The number of ether oxygens (including phenoxy) is 1. The van der Waals surface area contributed by atoms with Crippen molar-refractivity contribution in [2.75, 3.05) is 19.7 Å². The van der Waals surface area contributed by atoms with Gasteiger partial charge in [0.15, 0.2) is 0 Å². The van der Waals surface area contributed by atoms with Crippen LogP contribution in [0.2, 0.25) is 0 Å². The van der Waals surface area contributed by atoms with Crippen molar-refractivity contribution < 1.29 is 13.5 Å². The second-order valence-corrected chi connectivity index (χ2v) is 6.31. The summed E-state index contributed by atoms with van der Waals surface area (Å²) in [5, 5.41) is 5.09. The van der Waals surface area contributed by atoms with E-state index in [4.69, 9.17) is 9.15 Å². The smallest absolute Gasteiger partial charge is 0.336 e. The average molecular weight is 366 g/mol. The van der Waals surface area contributed by atoms with Gasteiger partial charge in [-0.1, -0.05) is 0 Å². The average Bonchev–Trinajstić information content (AvgIpc) is 3.06. The van der Waals surface area contributed by atoms with Gasteiger partial charge in [-0.05, 0) is 54.9 Å². The largest absolute Gasteiger partial charge is 0.492 e. The van der Waals surface area contributed by atoms with Gasteiger partial charge in [0.05, 0.1) is 0 Å². The molecule has 0 radical (unpaired) electrons. The number of fused-ring (bicyclic) bond motifs is 2. The molecule has 0 bridgehead atoms. The molecule has 0 saturated carbocycles. The van der Waals surface area contributed by atoms with E-state index in [2.05, 4.69) is 10.3 Å². The van der Waals surface area contributed by atoms with Crippen molar-refractivity contribution >= 4 is 21.9 Å². The highest BCUT2D eigenvalue weighted by Gasteiger charge is 2.05. The molecule has 2 aromatic heterocycles. The summed E-state index contributed by atoms with van der Waals surface area (Å²) >= 11 is 0. The maximum Gasteiger partial charge on any atom is 0.336 e. The molecule has 2 N–H and O–H groups in total. The van der Waals surface area contributed by atoms with Gasteiger partial charge >= 0.3 is 5.63 Å². The third kappa shape index (κ3) is 4.01. The molecule has 0 unspecified atom stereocenters. The maximum absolute atomic E-state index is 13.4. The van der Waals surface area contributed by atoms with Gasteiger partial charge in [0.2, 0.25) is 0 Å². The molecule has 0 aliphatic heterocycles. The van der Waals surface area contributed by atoms with Crippen LogP contribution in [0.15, 0.2) is 63.9 Å². The molecule has 0 spiro atoms. The Morgan fingerprint density at radius 2 is 1.96 bits per heavy atom. The molecule has 6 heteroatoms. The van der Waals surface area contributed by atoms with Gasteiger partial charge in [0, 0.05) is 41.2 Å². The molecule has 5 nitrogen and oxygen atoms in total. The van der Waals surface area contributed by atoms with E-state index in [0.29, 0.717) is 24.5 Å². The Morgan fingerprint density at radius 1 is 1.07 bits per heavy atom. The number of rotatable bonds is 7. The molecule has 2 heterocycles. The van der Waals surface area contributed by atoms with Crippen LogP contribution >= 0.6 is 0 Å². The Morgan fingerprint density at radius 3 is 2.89 bits per heavy atom. The van der Waals surface area contributed by atoms with Gasteiger partial charge in [-0.3, -0.25) is 0 Å². The van der Waals surface area contributed by atoms with Crippen LogP contribution in [0.1, 0.15) is 5.56 Å². The van der Waals surface area contributed by atoms with E-state index in [-0.39, 0.29) is 11.4 Å². The minimum absolute atomic E-state index is 0.226. The Balaban J connectivity index is 1.25. The van der Waals surface area contributed by atoms with E-state index in [1.807, 2.05) is 18.3 Å². The normalized spacial score (nSPS) is 11.3. The second-order valence-electron chi connectivity index (χ2n) is 6.31. The van der Waals surface area contributed by atoms with Crippen LogP contribution in [0.3, 0.4) is 0 Å². The fourth-order valence-electron chi connectivity index (χ4n) is 3.08. The number of aromatic nitrogens is 1. The van der Waals surface area contributed by atoms with Crippen LogP contribution in [-0.4, -0.2) is 24.7 Å². The van der Waals surface area contributed by atoms with Gasteiger partial charge in [-0.15, -0.1) is 0 Å². The lowest BCUT2D eigenvalue weighted by Crippen LogP contribution is -2.23. The van der Waals surface area contributed by atoms with Crippen molar-refractivity contribution in [3.8, 4) is 5.75 Å². The Labute approximate surface area is 154 Å². The first kappa shape index (κ1) is 17.3. The van der Waals surface area contributed by atoms with Gasteiger partial charge in [0.25, 0.3) is 0 Å². The molecule has 4 rings (SSSR count). The lowest BCUT2D eigenvalue weighted by molar-refractivity contribution is 0.314. The fraction of sp³-hybridized carbons (Fsp3) is 0.190. The lowest BCUT2D eigenvalue weighted by atomic mass is 10.1. The minimum atomic E-state index is -0.376. The zero-order chi connectivity index (χ0) is 18.6. The first-order valence-electron chi connectivity index (χ1n) is 8.82. The van der Waals surface area contributed by atoms with E-state index in [1.54, 1.807) is 24.3 Å². The first-order chi connectivity index (χ1) is 13.2. The summed E-state index contributed by atoms with van der Waals surface area (Å²) in [6.45, 7) is 1.93. The van der Waals surface area contributed by atoms with E-state index >= 15 is 0 Å². The lowest BCUT2D eigenvalue weighted by Gasteiger charge is -2.08. The molecule has 27 heavy (non-hydrogen) atoms. The predicted molar refractivity (Wildman–Crippen MR) is 103 cm³/mol. The Kier molecular flexibility index (Phi) is 4.89. The van der Waals surface area contributed by atoms with Crippen LogP contribution in [0.25, 0.3) is 21.9 Å². The van der Waals surface area contributed by atoms with Crippen LogP contribution in [0.5, 0.6) is 5.75 Å². The van der Waals surface area contributed by atoms with Crippen LogP contribution in [-0.2, 0) is 6.42 Å². The van der Waals surface area contributed by atoms with Gasteiger partial charge in [-0.25, -0.2) is 9.18 Å². The van der Waals surface area contributed by atoms with E-state index in [1.165, 1.54) is 12.1 Å². The number of hydrogen-bond donors (Lipinski definition) is 2. The zero-order valence-electron chi connectivity index (χ0n) is 14.6. The molecule has 0 aliphatic carbocycles. The van der Waals surface area contributed by atoms with Crippen molar-refractivity contribution in [3.05, 3.63) is 76.5 Å². The number of nitrogens with one attached hydrogen (secondary N) is 2. The van der Waals surface area contributed by atoms with Crippen molar-refractivity contribution in [3.63, 3.8) is 0 Å². The molecule has 0 aliphatic rings. The molecule has 4 aromatic rings. The first-order valence-corrected chi connectivity index (χ1v) is 8.82. The standard InChI is InChI=1S/C21H19FN2O3/c22-16-3-5-19-18(11-16)15(13-24-19)7-8-23-9-10-26-17-4-1-14-2-6-21(25)27-20(14)12-17/h1-6,11-13,23-24H,7-10H2. The molecular formula is C21H19FN2O3. The van der Waals surface area contributed by atoms with Crippen LogP contribution < -0.4 is 15.7 Å². The summed E-state index contributed by atoms with van der Waals surface area (Å²) < 4.78 is 24.2. The Hall–Kier alpha value is -3.12. The van der Waals surface area contributed by atoms with Gasteiger partial charge in [-0.2, -0.15) is 0 Å². The number of hydrogen-bond acceptors (Lipinski definition) is 4. The van der Waals surface area contributed by atoms with E-state index in [0.717, 1.165) is 34.8 Å². The molecule has 0 atom stereocenters. The van der Waals surface area contributed by atoms with E-state index in [9.17, 15) is 9.18 Å². The summed E-state index contributed by atoms with van der Waals surface area (Å²) in [5.41, 5.74) is 2.16. The van der Waals surface area contributed by atoms with E-state index < -0.39 is 0 Å². The van der Waals surface area contributed by atoms with Crippen LogP contribution in [0, 0.1) is 5.82 Å². The zero-order valence-corrected chi connectivity index (χ0v) is 14.6. The van der Waals surface area contributed by atoms with Crippen molar-refractivity contribution in [2.45, 2.75) is 6.42 Å². The molecule has 0 fully saturated rings. The highest BCUT2D eigenvalue weighted by molar-refractivity contribution is 5.83. The Bertz CT molecular complexity index is 1130. The fourth-order valence-corrected chi connectivity index (χ4v) is 3.08. The predicted octanol–water partition coefficient (Wildman–Crippen LogP) is 3.62. The van der Waals surface area contributed by atoms with Crippen LogP contribution in [0.4, 0.5) is 4.39 Å². The number of H-pyrrole nitrogens is 1.